The minimum Gasteiger partial charge on any atom is -0.462 e. The molecule has 70 heavy (non-hydrogen) atoms. The van der Waals surface area contributed by atoms with Crippen molar-refractivity contribution in [3.05, 3.63) is 72.3 Å². The number of alkyl carbamates (subject to hydrolysis) is 1. The van der Waals surface area contributed by atoms with Crippen LogP contribution in [0.2, 0.25) is 5.04 Å². The number of methoxy groups -OCH3 is 1. The maximum atomic E-state index is 15.6. The Balaban J connectivity index is 1.33. The Morgan fingerprint density at radius 1 is 0.914 bits per heavy atom. The zero-order valence-corrected chi connectivity index (χ0v) is 43.3. The number of likely N-dealkylation sites (tertiary alicyclic amines) is 1. The molecule has 2 aromatic carbocycles. The van der Waals surface area contributed by atoms with Gasteiger partial charge in [-0.15, -0.1) is 0 Å². The predicted octanol–water partition coefficient (Wildman–Crippen LogP) is 3.88. The molecule has 19 heteroatoms. The lowest BCUT2D eigenvalue weighted by atomic mass is 9.66. The van der Waals surface area contributed by atoms with Crippen molar-refractivity contribution < 1.29 is 61.7 Å². The highest BCUT2D eigenvalue weighted by Crippen LogP contribution is 2.49. The highest BCUT2D eigenvalue weighted by Gasteiger charge is 2.72. The third kappa shape index (κ3) is 11.7. The van der Waals surface area contributed by atoms with E-state index in [9.17, 15) is 28.8 Å². The summed E-state index contributed by atoms with van der Waals surface area (Å²) in [6.45, 7) is 18.4. The molecule has 382 valence electrons. The van der Waals surface area contributed by atoms with Gasteiger partial charge in [-0.05, 0) is 54.9 Å². The van der Waals surface area contributed by atoms with Gasteiger partial charge in [-0.25, -0.2) is 9.59 Å². The van der Waals surface area contributed by atoms with Crippen LogP contribution in [0, 0.1) is 5.92 Å². The monoisotopic (exact) mass is 989 g/mol. The maximum absolute atomic E-state index is 15.6. The Morgan fingerprint density at radius 3 is 2.07 bits per heavy atom. The van der Waals surface area contributed by atoms with Gasteiger partial charge in [-0.2, -0.15) is 0 Å². The van der Waals surface area contributed by atoms with Crippen LogP contribution < -0.4 is 26.3 Å². The number of esters is 2. The van der Waals surface area contributed by atoms with Gasteiger partial charge >= 0.3 is 24.1 Å². The topological polar surface area (TPSA) is 217 Å². The number of amides is 5. The lowest BCUT2D eigenvalue weighted by Crippen LogP contribution is -2.80. The molecule has 3 heterocycles. The summed E-state index contributed by atoms with van der Waals surface area (Å²) >= 11 is 0. The first-order valence-electron chi connectivity index (χ1n) is 24.1. The Morgan fingerprint density at radius 2 is 1.53 bits per heavy atom. The average Bonchev–Trinajstić information content (AvgIpc) is 3.87. The molecule has 2 bridgehead atoms. The van der Waals surface area contributed by atoms with E-state index in [0.717, 1.165) is 15.9 Å². The van der Waals surface area contributed by atoms with Gasteiger partial charge in [-0.1, -0.05) is 107 Å². The van der Waals surface area contributed by atoms with E-state index in [1.165, 1.54) is 25.9 Å². The number of fused-ring (bicyclic) bond motifs is 1. The fraction of sp³-hybridized carbons (Fsp3) is 0.588. The number of piperidine rings is 1. The second-order valence-corrected chi connectivity index (χ2v) is 25.4. The largest absolute Gasteiger partial charge is 0.462 e. The fourth-order valence-corrected chi connectivity index (χ4v) is 15.0. The van der Waals surface area contributed by atoms with Gasteiger partial charge in [0.2, 0.25) is 11.8 Å². The Bertz CT molecular complexity index is 2240. The van der Waals surface area contributed by atoms with Crippen LogP contribution in [0.4, 0.5) is 9.59 Å². The number of benzene rings is 2. The van der Waals surface area contributed by atoms with E-state index in [0.29, 0.717) is 19.5 Å². The second kappa shape index (κ2) is 21.7. The van der Waals surface area contributed by atoms with Crippen LogP contribution in [0.3, 0.4) is 0 Å². The lowest BCUT2D eigenvalue weighted by Gasteiger charge is -2.58. The molecular weight excluding hydrogens is 919 g/mol. The molecule has 1 spiro atoms. The van der Waals surface area contributed by atoms with E-state index in [4.69, 9.17) is 28.1 Å². The van der Waals surface area contributed by atoms with Crippen LogP contribution in [0.25, 0.3) is 0 Å². The molecule has 3 N–H and O–H groups in total. The molecule has 4 aliphatic rings. The van der Waals surface area contributed by atoms with Crippen molar-refractivity contribution >= 4 is 60.5 Å². The molecule has 6 rings (SSSR count). The van der Waals surface area contributed by atoms with E-state index < -0.39 is 109 Å². The predicted molar refractivity (Wildman–Crippen MR) is 260 cm³/mol. The van der Waals surface area contributed by atoms with Crippen LogP contribution >= 0.6 is 0 Å². The summed E-state index contributed by atoms with van der Waals surface area (Å²) in [6, 6.07) is 14.6. The third-order valence-electron chi connectivity index (χ3n) is 13.2. The van der Waals surface area contributed by atoms with Gasteiger partial charge in [0.1, 0.15) is 29.8 Å². The number of hydrogen-bond acceptors (Lipinski definition) is 13. The third-order valence-corrected chi connectivity index (χ3v) is 18.2. The maximum Gasteiger partial charge on any atom is 0.410 e. The second-order valence-electron chi connectivity index (χ2n) is 21.1. The van der Waals surface area contributed by atoms with Gasteiger partial charge in [-0.3, -0.25) is 24.0 Å². The number of carbonyl (C=O) groups is 7. The minimum absolute atomic E-state index is 0.0843. The molecule has 2 saturated heterocycles. The molecule has 0 aromatic heterocycles. The molecule has 1 saturated carbocycles. The molecule has 2 aromatic rings. The van der Waals surface area contributed by atoms with Gasteiger partial charge in [0.25, 0.3) is 14.2 Å². The normalized spacial score (nSPS) is 24.0. The lowest BCUT2D eigenvalue weighted by molar-refractivity contribution is -0.222. The standard InChI is InChI=1S/C51H71N5O13Si/c1-31(2)26-38(53-44(59)40(64-11)30-65-70(50(8,9)10,36-18-14-12-15-19-36)37-20-16-13-17-21-37)46(61)56-39-27-35(66-32(3)57)28-51(43(39)67-33(4)58)42(54-47(62)68-51)41(56)45(60)52-24-22-34-23-25-55(29-34)48(63)69-49(5,6)7/h12-21,23,31,35,38-43H,22,24-30H2,1-11H3,(H,52,60)(H,53,59)(H,54,62)/t35-,38-,39-,40-,41-,42+,43+,51+/m1/s1. The van der Waals surface area contributed by atoms with Crippen LogP contribution in [0.15, 0.2) is 72.3 Å². The first-order valence-corrected chi connectivity index (χ1v) is 26.0. The van der Waals surface area contributed by atoms with Crippen LogP contribution in [0.1, 0.15) is 94.9 Å². The molecule has 8 atom stereocenters. The summed E-state index contributed by atoms with van der Waals surface area (Å²) in [5, 5.41) is 10.2. The van der Waals surface area contributed by atoms with Crippen molar-refractivity contribution in [2.24, 2.45) is 5.92 Å². The number of nitrogens with zero attached hydrogens (tertiary/aromatic N) is 2. The summed E-state index contributed by atoms with van der Waals surface area (Å²) in [6.07, 6.45) is -2.73. The summed E-state index contributed by atoms with van der Waals surface area (Å²) in [5.74, 6) is -3.56. The SMILES string of the molecule is CO[C@H](CO[Si](c1ccccc1)(c1ccccc1)C(C)(C)C)C(=O)N[C@H](CC(C)C)C(=O)N1[C@@H]2C[C@@H](OC(C)=O)C[C@@]3(OC(=O)N[C@H]3[C@@H]1C(=O)NCCC1=CCN(C(=O)OC(C)(C)C)C1)[C@H]2OC(C)=O. The van der Waals surface area contributed by atoms with E-state index in [1.807, 2.05) is 80.6 Å². The molecule has 3 aliphatic heterocycles. The van der Waals surface area contributed by atoms with Crippen molar-refractivity contribution in [2.75, 3.05) is 33.4 Å². The first kappa shape index (κ1) is 53.6. The number of nitrogens with one attached hydrogen (secondary N) is 3. The molecule has 3 fully saturated rings. The molecule has 0 radical (unpaired) electrons. The van der Waals surface area contributed by atoms with Crippen molar-refractivity contribution in [2.45, 2.75) is 154 Å². The van der Waals surface area contributed by atoms with Crippen LogP contribution in [-0.4, -0.2) is 147 Å². The van der Waals surface area contributed by atoms with E-state index in [2.05, 4.69) is 36.7 Å². The van der Waals surface area contributed by atoms with Crippen molar-refractivity contribution in [1.29, 1.82) is 0 Å². The van der Waals surface area contributed by atoms with Crippen molar-refractivity contribution in [3.63, 3.8) is 0 Å². The Hall–Kier alpha value is -5.79. The average molecular weight is 990 g/mol. The number of carbonyl (C=O) groups excluding carboxylic acids is 7. The molecular formula is C51H71N5O13Si. The molecule has 1 aliphatic carbocycles. The first-order chi connectivity index (χ1) is 32.9. The quantitative estimate of drug-likeness (QED) is 0.0889. The Labute approximate surface area is 411 Å². The summed E-state index contributed by atoms with van der Waals surface area (Å²) in [4.78, 5) is 99.5. The number of ether oxygens (including phenoxy) is 5. The summed E-state index contributed by atoms with van der Waals surface area (Å²) in [7, 11) is -1.76. The van der Waals surface area contributed by atoms with Crippen molar-refractivity contribution in [1.82, 2.24) is 25.8 Å². The minimum atomic E-state index is -3.15. The summed E-state index contributed by atoms with van der Waals surface area (Å²) < 4.78 is 36.1. The van der Waals surface area contributed by atoms with Crippen molar-refractivity contribution in [3.8, 4) is 0 Å². The highest BCUT2D eigenvalue weighted by molar-refractivity contribution is 6.99. The van der Waals surface area contributed by atoms with Crippen LogP contribution in [0.5, 0.6) is 0 Å². The van der Waals surface area contributed by atoms with Gasteiger partial charge < -0.3 is 53.9 Å². The molecule has 0 unspecified atom stereocenters. The van der Waals surface area contributed by atoms with Gasteiger partial charge in [0.15, 0.2) is 17.8 Å². The smallest absolute Gasteiger partial charge is 0.410 e. The summed E-state index contributed by atoms with van der Waals surface area (Å²) in [5.41, 5.74) is -1.55. The number of hydrogen-bond donors (Lipinski definition) is 3. The van der Waals surface area contributed by atoms with Gasteiger partial charge in [0.05, 0.1) is 12.6 Å². The molecule has 18 nitrogen and oxygen atoms in total. The van der Waals surface area contributed by atoms with E-state index in [1.54, 1.807) is 25.7 Å². The number of rotatable bonds is 17. The van der Waals surface area contributed by atoms with E-state index in [-0.39, 0.29) is 38.3 Å². The Kier molecular flexibility index (Phi) is 16.6. The molecule has 5 amide bonds. The van der Waals surface area contributed by atoms with E-state index >= 15 is 4.79 Å². The fourth-order valence-electron chi connectivity index (χ4n) is 10.5. The van der Waals surface area contributed by atoms with Gasteiger partial charge in [0, 0.05) is 53.4 Å². The zero-order valence-electron chi connectivity index (χ0n) is 42.3. The highest BCUT2D eigenvalue weighted by atomic mass is 28.4. The van der Waals surface area contributed by atoms with Crippen LogP contribution in [-0.2, 0) is 52.1 Å². The zero-order chi connectivity index (χ0) is 51.3.